The Morgan fingerprint density at radius 2 is 2.19 bits per heavy atom. The molecule has 1 aliphatic rings. The summed E-state index contributed by atoms with van der Waals surface area (Å²) in [6.07, 6.45) is 0. The number of hydrogen-bond acceptors (Lipinski definition) is 3. The number of nitrogens with zero attached hydrogens (tertiary/aromatic N) is 3. The summed E-state index contributed by atoms with van der Waals surface area (Å²) in [6, 6.07) is 1.85. The summed E-state index contributed by atoms with van der Waals surface area (Å²) in [7, 11) is 0. The molecule has 1 aliphatic heterocycles. The van der Waals surface area contributed by atoms with E-state index in [0.29, 0.717) is 32.0 Å². The van der Waals surface area contributed by atoms with Crippen LogP contribution in [0.15, 0.2) is 6.07 Å². The number of amides is 1. The summed E-state index contributed by atoms with van der Waals surface area (Å²) < 4.78 is 6.99. The average molecular weight is 223 g/mol. The molecule has 88 valence electrons. The van der Waals surface area contributed by atoms with E-state index < -0.39 is 0 Å². The van der Waals surface area contributed by atoms with E-state index in [0.717, 1.165) is 12.2 Å². The average Bonchev–Trinajstić information content (AvgIpc) is 2.70. The summed E-state index contributed by atoms with van der Waals surface area (Å²) in [5, 5.41) is 4.28. The lowest BCUT2D eigenvalue weighted by molar-refractivity contribution is 0.0295. The second-order valence-corrected chi connectivity index (χ2v) is 3.89. The van der Waals surface area contributed by atoms with Crippen LogP contribution in [0.4, 0.5) is 0 Å². The number of aromatic nitrogens is 2. The molecule has 0 bridgehead atoms. The number of ether oxygens (including phenoxy) is 1. The Hall–Kier alpha value is -1.36. The molecule has 0 unspecified atom stereocenters. The maximum absolute atomic E-state index is 12.2. The summed E-state index contributed by atoms with van der Waals surface area (Å²) in [5.41, 5.74) is 1.57. The number of hydrogen-bond donors (Lipinski definition) is 0. The van der Waals surface area contributed by atoms with Crippen molar-refractivity contribution < 1.29 is 9.53 Å². The van der Waals surface area contributed by atoms with Crippen LogP contribution in [0.3, 0.4) is 0 Å². The lowest BCUT2D eigenvalue weighted by Gasteiger charge is -2.26. The van der Waals surface area contributed by atoms with Gasteiger partial charge in [-0.3, -0.25) is 9.48 Å². The minimum Gasteiger partial charge on any atom is -0.378 e. The summed E-state index contributed by atoms with van der Waals surface area (Å²) in [6.45, 7) is 7.22. The lowest BCUT2D eigenvalue weighted by atomic mass is 10.3. The molecule has 2 rings (SSSR count). The van der Waals surface area contributed by atoms with Gasteiger partial charge in [0.15, 0.2) is 0 Å². The number of aryl methyl sites for hydroxylation is 2. The van der Waals surface area contributed by atoms with E-state index in [-0.39, 0.29) is 5.91 Å². The van der Waals surface area contributed by atoms with E-state index in [2.05, 4.69) is 5.10 Å². The third-order valence-corrected chi connectivity index (χ3v) is 2.72. The van der Waals surface area contributed by atoms with E-state index in [4.69, 9.17) is 4.74 Å². The van der Waals surface area contributed by atoms with Gasteiger partial charge in [0.2, 0.25) is 0 Å². The third-order valence-electron chi connectivity index (χ3n) is 2.72. The fourth-order valence-corrected chi connectivity index (χ4v) is 1.89. The van der Waals surface area contributed by atoms with E-state index in [1.54, 1.807) is 4.68 Å². The first-order valence-electron chi connectivity index (χ1n) is 5.64. The maximum atomic E-state index is 12.2. The van der Waals surface area contributed by atoms with Crippen molar-refractivity contribution in [3.05, 3.63) is 17.5 Å². The maximum Gasteiger partial charge on any atom is 0.272 e. The van der Waals surface area contributed by atoms with Gasteiger partial charge in [0.1, 0.15) is 5.69 Å². The van der Waals surface area contributed by atoms with Crippen molar-refractivity contribution >= 4 is 5.91 Å². The topological polar surface area (TPSA) is 47.4 Å². The first-order valence-corrected chi connectivity index (χ1v) is 5.64. The van der Waals surface area contributed by atoms with E-state index in [1.165, 1.54) is 0 Å². The quantitative estimate of drug-likeness (QED) is 0.741. The molecule has 0 N–H and O–H groups in total. The first-order chi connectivity index (χ1) is 7.72. The van der Waals surface area contributed by atoms with Crippen molar-refractivity contribution in [2.45, 2.75) is 20.4 Å². The van der Waals surface area contributed by atoms with Gasteiger partial charge in [-0.2, -0.15) is 5.10 Å². The molecule has 0 spiro atoms. The second kappa shape index (κ2) is 4.65. The minimum atomic E-state index is 0.0609. The van der Waals surface area contributed by atoms with Crippen LogP contribution in [0.2, 0.25) is 0 Å². The Labute approximate surface area is 95.0 Å². The van der Waals surface area contributed by atoms with Crippen molar-refractivity contribution in [2.75, 3.05) is 26.3 Å². The molecule has 1 aromatic heterocycles. The van der Waals surface area contributed by atoms with Crippen LogP contribution < -0.4 is 0 Å². The van der Waals surface area contributed by atoms with Crippen LogP contribution >= 0.6 is 0 Å². The van der Waals surface area contributed by atoms with Crippen molar-refractivity contribution in [3.63, 3.8) is 0 Å². The van der Waals surface area contributed by atoms with Crippen LogP contribution in [0, 0.1) is 6.92 Å². The predicted molar refractivity (Wildman–Crippen MR) is 59.4 cm³/mol. The van der Waals surface area contributed by atoms with Crippen LogP contribution in [-0.4, -0.2) is 46.9 Å². The third kappa shape index (κ3) is 2.09. The molecule has 5 nitrogen and oxygen atoms in total. The monoisotopic (exact) mass is 223 g/mol. The molecule has 16 heavy (non-hydrogen) atoms. The summed E-state index contributed by atoms with van der Waals surface area (Å²) in [5.74, 6) is 0.0609. The lowest BCUT2D eigenvalue weighted by Crippen LogP contribution is -2.41. The van der Waals surface area contributed by atoms with E-state index >= 15 is 0 Å². The van der Waals surface area contributed by atoms with Gasteiger partial charge in [-0.05, 0) is 19.9 Å². The summed E-state index contributed by atoms with van der Waals surface area (Å²) in [4.78, 5) is 14.0. The normalized spacial score (nSPS) is 16.5. The smallest absolute Gasteiger partial charge is 0.272 e. The van der Waals surface area contributed by atoms with Gasteiger partial charge in [0.25, 0.3) is 5.91 Å². The Morgan fingerprint density at radius 3 is 2.81 bits per heavy atom. The molecule has 1 fully saturated rings. The van der Waals surface area contributed by atoms with Gasteiger partial charge in [-0.25, -0.2) is 0 Å². The highest BCUT2D eigenvalue weighted by Crippen LogP contribution is 2.09. The van der Waals surface area contributed by atoms with Gasteiger partial charge in [-0.1, -0.05) is 0 Å². The van der Waals surface area contributed by atoms with Crippen molar-refractivity contribution in [3.8, 4) is 0 Å². The van der Waals surface area contributed by atoms with Crippen LogP contribution in [0.5, 0.6) is 0 Å². The van der Waals surface area contributed by atoms with Crippen molar-refractivity contribution in [2.24, 2.45) is 0 Å². The molecular weight excluding hydrogens is 206 g/mol. The molecule has 0 aliphatic carbocycles. The number of rotatable bonds is 2. The van der Waals surface area contributed by atoms with Gasteiger partial charge >= 0.3 is 0 Å². The molecule has 1 aromatic rings. The molecule has 5 heteroatoms. The van der Waals surface area contributed by atoms with Crippen molar-refractivity contribution in [1.82, 2.24) is 14.7 Å². The van der Waals surface area contributed by atoms with Gasteiger partial charge < -0.3 is 9.64 Å². The van der Waals surface area contributed by atoms with Crippen LogP contribution in [0.1, 0.15) is 23.1 Å². The van der Waals surface area contributed by atoms with Gasteiger partial charge in [0.05, 0.1) is 18.9 Å². The van der Waals surface area contributed by atoms with E-state index in [1.807, 2.05) is 24.8 Å². The number of carbonyl (C=O) groups excluding carboxylic acids is 1. The zero-order valence-electron chi connectivity index (χ0n) is 9.77. The van der Waals surface area contributed by atoms with Gasteiger partial charge in [-0.15, -0.1) is 0 Å². The standard InChI is InChI=1S/C11H17N3O2/c1-3-14-10(8-9(2)12-14)11(15)13-4-6-16-7-5-13/h8H,3-7H2,1-2H3. The number of carbonyl (C=O) groups is 1. The van der Waals surface area contributed by atoms with Gasteiger partial charge in [0, 0.05) is 19.6 Å². The van der Waals surface area contributed by atoms with Crippen LogP contribution in [0.25, 0.3) is 0 Å². The Morgan fingerprint density at radius 1 is 1.50 bits per heavy atom. The molecule has 1 amide bonds. The molecule has 1 saturated heterocycles. The second-order valence-electron chi connectivity index (χ2n) is 3.89. The molecule has 0 aromatic carbocycles. The Balaban J connectivity index is 2.18. The first kappa shape index (κ1) is 11.1. The summed E-state index contributed by atoms with van der Waals surface area (Å²) >= 11 is 0. The Bertz CT molecular complexity index is 381. The molecule has 0 radical (unpaired) electrons. The highest BCUT2D eigenvalue weighted by molar-refractivity contribution is 5.92. The minimum absolute atomic E-state index is 0.0609. The fourth-order valence-electron chi connectivity index (χ4n) is 1.89. The predicted octanol–water partition coefficient (Wildman–Crippen LogP) is 0.684. The highest BCUT2D eigenvalue weighted by atomic mass is 16.5. The molecule has 2 heterocycles. The highest BCUT2D eigenvalue weighted by Gasteiger charge is 2.21. The van der Waals surface area contributed by atoms with Crippen molar-refractivity contribution in [1.29, 1.82) is 0 Å². The zero-order chi connectivity index (χ0) is 11.5. The fraction of sp³-hybridized carbons (Fsp3) is 0.636. The van der Waals surface area contributed by atoms with E-state index in [9.17, 15) is 4.79 Å². The van der Waals surface area contributed by atoms with Crippen LogP contribution in [-0.2, 0) is 11.3 Å². The number of morpholine rings is 1. The molecule has 0 atom stereocenters. The molecule has 0 saturated carbocycles. The SMILES string of the molecule is CCn1nc(C)cc1C(=O)N1CCOCC1. The Kier molecular flexibility index (Phi) is 3.24. The zero-order valence-corrected chi connectivity index (χ0v) is 9.77. The largest absolute Gasteiger partial charge is 0.378 e. The molecular formula is C11H17N3O2.